The van der Waals surface area contributed by atoms with Gasteiger partial charge in [-0.3, -0.25) is 4.99 Å². The Morgan fingerprint density at radius 2 is 1.79 bits per heavy atom. The Morgan fingerprint density at radius 3 is 2.39 bits per heavy atom. The second-order valence-electron chi connectivity index (χ2n) is 6.95. The number of likely N-dealkylation sites (N-methyl/N-ethyl adjacent to an activating group) is 1. The SMILES string of the molecule is CN=C(NCCN(C)Cc1ccccc1)NCc1ccc(S(C)(=O)=O)c(C)c1. The zero-order valence-electron chi connectivity index (χ0n) is 17.1. The molecular formula is C21H30N4O2S. The molecule has 0 aliphatic rings. The molecule has 0 amide bonds. The number of aryl methyl sites for hydroxylation is 1. The number of nitrogens with one attached hydrogen (secondary N) is 2. The predicted molar refractivity (Wildman–Crippen MR) is 115 cm³/mol. The molecule has 0 aromatic heterocycles. The van der Waals surface area contributed by atoms with Crippen LogP contribution in [0.2, 0.25) is 0 Å². The molecule has 0 saturated heterocycles. The van der Waals surface area contributed by atoms with Crippen molar-refractivity contribution >= 4 is 15.8 Å². The number of hydrogen-bond acceptors (Lipinski definition) is 4. The summed E-state index contributed by atoms with van der Waals surface area (Å²) >= 11 is 0. The van der Waals surface area contributed by atoms with Crippen molar-refractivity contribution in [3.63, 3.8) is 0 Å². The maximum absolute atomic E-state index is 11.7. The fraction of sp³-hybridized carbons (Fsp3) is 0.381. The van der Waals surface area contributed by atoms with Gasteiger partial charge in [0, 0.05) is 39.5 Å². The summed E-state index contributed by atoms with van der Waals surface area (Å²) in [6, 6.07) is 15.8. The van der Waals surface area contributed by atoms with Gasteiger partial charge in [-0.15, -0.1) is 0 Å². The van der Waals surface area contributed by atoms with Crippen molar-refractivity contribution in [2.24, 2.45) is 4.99 Å². The van der Waals surface area contributed by atoms with E-state index in [9.17, 15) is 8.42 Å². The lowest BCUT2D eigenvalue weighted by Crippen LogP contribution is -2.40. The van der Waals surface area contributed by atoms with Crippen LogP contribution in [0.4, 0.5) is 0 Å². The monoisotopic (exact) mass is 402 g/mol. The molecule has 0 spiro atoms. The van der Waals surface area contributed by atoms with Gasteiger partial charge >= 0.3 is 0 Å². The van der Waals surface area contributed by atoms with Crippen molar-refractivity contribution < 1.29 is 8.42 Å². The Labute approximate surface area is 168 Å². The van der Waals surface area contributed by atoms with Crippen molar-refractivity contribution in [3.8, 4) is 0 Å². The van der Waals surface area contributed by atoms with Gasteiger partial charge in [-0.1, -0.05) is 42.5 Å². The number of hydrogen-bond donors (Lipinski definition) is 2. The average Bonchev–Trinajstić information content (AvgIpc) is 2.64. The highest BCUT2D eigenvalue weighted by molar-refractivity contribution is 7.90. The normalized spacial score (nSPS) is 12.2. The number of nitrogens with zero attached hydrogens (tertiary/aromatic N) is 2. The molecule has 6 nitrogen and oxygen atoms in total. The summed E-state index contributed by atoms with van der Waals surface area (Å²) in [5.74, 6) is 0.720. The Kier molecular flexibility index (Phi) is 8.02. The highest BCUT2D eigenvalue weighted by Gasteiger charge is 2.11. The molecule has 2 aromatic carbocycles. The number of benzene rings is 2. The molecular weight excluding hydrogens is 372 g/mol. The van der Waals surface area contributed by atoms with Crippen LogP contribution in [0.5, 0.6) is 0 Å². The first-order valence-corrected chi connectivity index (χ1v) is 11.2. The average molecular weight is 403 g/mol. The maximum atomic E-state index is 11.7. The van der Waals surface area contributed by atoms with E-state index in [-0.39, 0.29) is 0 Å². The molecule has 2 rings (SSSR count). The summed E-state index contributed by atoms with van der Waals surface area (Å²) in [5.41, 5.74) is 3.06. The fourth-order valence-corrected chi connectivity index (χ4v) is 3.94. The minimum Gasteiger partial charge on any atom is -0.355 e. The van der Waals surface area contributed by atoms with E-state index in [0.29, 0.717) is 11.4 Å². The highest BCUT2D eigenvalue weighted by atomic mass is 32.2. The van der Waals surface area contributed by atoms with Crippen LogP contribution in [0.3, 0.4) is 0 Å². The molecule has 0 heterocycles. The molecule has 2 aromatic rings. The summed E-state index contributed by atoms with van der Waals surface area (Å²) in [4.78, 5) is 6.87. The summed E-state index contributed by atoms with van der Waals surface area (Å²) in [6.07, 6.45) is 1.23. The van der Waals surface area contributed by atoms with Gasteiger partial charge in [0.1, 0.15) is 0 Å². The first-order chi connectivity index (χ1) is 13.3. The molecule has 152 valence electrons. The molecule has 0 fully saturated rings. The van der Waals surface area contributed by atoms with E-state index < -0.39 is 9.84 Å². The summed E-state index contributed by atoms with van der Waals surface area (Å²) in [5, 5.41) is 6.57. The summed E-state index contributed by atoms with van der Waals surface area (Å²) in [6.45, 7) is 4.95. The molecule has 0 aliphatic heterocycles. The van der Waals surface area contributed by atoms with E-state index in [2.05, 4.69) is 51.8 Å². The van der Waals surface area contributed by atoms with Gasteiger partial charge in [0.15, 0.2) is 15.8 Å². The lowest BCUT2D eigenvalue weighted by molar-refractivity contribution is 0.331. The van der Waals surface area contributed by atoms with Crippen molar-refractivity contribution in [2.75, 3.05) is 33.4 Å². The lowest BCUT2D eigenvalue weighted by atomic mass is 10.1. The highest BCUT2D eigenvalue weighted by Crippen LogP contribution is 2.16. The number of guanidine groups is 1. The van der Waals surface area contributed by atoms with E-state index in [1.165, 1.54) is 11.8 Å². The number of rotatable bonds is 8. The van der Waals surface area contributed by atoms with Crippen LogP contribution in [0.25, 0.3) is 0 Å². The van der Waals surface area contributed by atoms with Gasteiger partial charge in [-0.05, 0) is 36.7 Å². The minimum atomic E-state index is -3.19. The van der Waals surface area contributed by atoms with Crippen LogP contribution in [-0.4, -0.2) is 52.7 Å². The molecule has 7 heteroatoms. The molecule has 0 atom stereocenters. The van der Waals surface area contributed by atoms with E-state index in [1.54, 1.807) is 13.1 Å². The van der Waals surface area contributed by atoms with Crippen LogP contribution < -0.4 is 10.6 Å². The molecule has 2 N–H and O–H groups in total. The van der Waals surface area contributed by atoms with E-state index in [4.69, 9.17) is 0 Å². The number of sulfone groups is 1. The van der Waals surface area contributed by atoms with Crippen molar-refractivity contribution in [3.05, 3.63) is 65.2 Å². The predicted octanol–water partition coefficient (Wildman–Crippen LogP) is 2.20. The zero-order chi connectivity index (χ0) is 20.6. The van der Waals surface area contributed by atoms with Gasteiger partial charge in [-0.2, -0.15) is 0 Å². The maximum Gasteiger partial charge on any atom is 0.191 e. The lowest BCUT2D eigenvalue weighted by Gasteiger charge is -2.18. The Bertz CT molecular complexity index is 896. The first-order valence-electron chi connectivity index (χ1n) is 9.26. The second kappa shape index (κ2) is 10.2. The Balaban J connectivity index is 1.79. The molecule has 0 radical (unpaired) electrons. The van der Waals surface area contributed by atoms with Crippen molar-refractivity contribution in [1.82, 2.24) is 15.5 Å². The largest absolute Gasteiger partial charge is 0.355 e. The van der Waals surface area contributed by atoms with Gasteiger partial charge in [-0.25, -0.2) is 8.42 Å². The van der Waals surface area contributed by atoms with Gasteiger partial charge in [0.2, 0.25) is 0 Å². The molecule has 0 bridgehead atoms. The topological polar surface area (TPSA) is 73.8 Å². The van der Waals surface area contributed by atoms with Crippen LogP contribution in [0.1, 0.15) is 16.7 Å². The van der Waals surface area contributed by atoms with Crippen LogP contribution >= 0.6 is 0 Å². The van der Waals surface area contributed by atoms with Gasteiger partial charge in [0.05, 0.1) is 4.90 Å². The quantitative estimate of drug-likeness (QED) is 0.523. The summed E-state index contributed by atoms with van der Waals surface area (Å²) in [7, 11) is 0.641. The van der Waals surface area contributed by atoms with Crippen LogP contribution in [0, 0.1) is 6.92 Å². The van der Waals surface area contributed by atoms with E-state index >= 15 is 0 Å². The summed E-state index contributed by atoms with van der Waals surface area (Å²) < 4.78 is 23.4. The smallest absolute Gasteiger partial charge is 0.191 e. The molecule has 0 unspecified atom stereocenters. The first kappa shape index (κ1) is 21.9. The third-order valence-electron chi connectivity index (χ3n) is 4.40. The second-order valence-corrected chi connectivity index (χ2v) is 8.93. The van der Waals surface area contributed by atoms with E-state index in [1.807, 2.05) is 25.1 Å². The number of aliphatic imine (C=N–C) groups is 1. The van der Waals surface area contributed by atoms with Gasteiger partial charge in [0.25, 0.3) is 0 Å². The van der Waals surface area contributed by atoms with Gasteiger partial charge < -0.3 is 15.5 Å². The zero-order valence-corrected chi connectivity index (χ0v) is 17.9. The fourth-order valence-electron chi connectivity index (χ4n) is 2.98. The molecule has 0 aliphatic carbocycles. The molecule has 0 saturated carbocycles. The Morgan fingerprint density at radius 1 is 1.07 bits per heavy atom. The van der Waals surface area contributed by atoms with Crippen LogP contribution in [-0.2, 0) is 22.9 Å². The Hall–Kier alpha value is -2.38. The van der Waals surface area contributed by atoms with Crippen molar-refractivity contribution in [1.29, 1.82) is 0 Å². The third-order valence-corrected chi connectivity index (χ3v) is 5.66. The molecule has 28 heavy (non-hydrogen) atoms. The van der Waals surface area contributed by atoms with Crippen LogP contribution in [0.15, 0.2) is 58.4 Å². The van der Waals surface area contributed by atoms with E-state index in [0.717, 1.165) is 36.7 Å². The standard InChI is InChI=1S/C21H30N4O2S/c1-17-14-19(10-11-20(17)28(4,26)27)15-24-21(22-2)23-12-13-25(3)16-18-8-6-5-7-9-18/h5-11,14H,12-13,15-16H2,1-4H3,(H2,22,23,24). The minimum absolute atomic E-state index is 0.375. The third kappa shape index (κ3) is 6.98. The van der Waals surface area contributed by atoms with Crippen molar-refractivity contribution in [2.45, 2.75) is 24.9 Å².